The van der Waals surface area contributed by atoms with Gasteiger partial charge in [0.05, 0.1) is 0 Å². The topological polar surface area (TPSA) is 38.9 Å². The maximum Gasteiger partial charge on any atom is 0.0270 e. The van der Waals surface area contributed by atoms with Crippen LogP contribution in [0.4, 0.5) is 0 Å². The minimum Gasteiger partial charge on any atom is -0.327 e. The van der Waals surface area contributed by atoms with Gasteiger partial charge in [-0.05, 0) is 36.5 Å². The number of pyridine rings is 1. The third-order valence-electron chi connectivity index (χ3n) is 2.70. The summed E-state index contributed by atoms with van der Waals surface area (Å²) in [4.78, 5) is 3.99. The number of hydrogen-bond acceptors (Lipinski definition) is 2. The predicted molar refractivity (Wildman–Crippen MR) is 60.0 cm³/mol. The maximum absolute atomic E-state index is 6.11. The van der Waals surface area contributed by atoms with Crippen LogP contribution in [0.2, 0.25) is 0 Å². The van der Waals surface area contributed by atoms with E-state index in [0.29, 0.717) is 5.92 Å². The van der Waals surface area contributed by atoms with E-state index < -0.39 is 0 Å². The van der Waals surface area contributed by atoms with Crippen LogP contribution in [0, 0.1) is 5.92 Å². The highest BCUT2D eigenvalue weighted by atomic mass is 14.6. The van der Waals surface area contributed by atoms with Crippen molar-refractivity contribution in [3.63, 3.8) is 0 Å². The number of aromatic nitrogens is 1. The first kappa shape index (κ1) is 11.2. The lowest BCUT2D eigenvalue weighted by Gasteiger charge is -2.19. The van der Waals surface area contributed by atoms with Crippen LogP contribution in [0.25, 0.3) is 0 Å². The van der Waals surface area contributed by atoms with E-state index in [1.54, 1.807) is 0 Å². The van der Waals surface area contributed by atoms with E-state index in [0.717, 1.165) is 6.42 Å². The molecular formula is C12H20N2. The summed E-state index contributed by atoms with van der Waals surface area (Å²) in [5.74, 6) is 0.605. The summed E-state index contributed by atoms with van der Waals surface area (Å²) < 4.78 is 0. The van der Waals surface area contributed by atoms with Crippen LogP contribution in [0.1, 0.15) is 32.3 Å². The fourth-order valence-corrected chi connectivity index (χ4v) is 1.66. The monoisotopic (exact) mass is 192 g/mol. The van der Waals surface area contributed by atoms with Crippen molar-refractivity contribution >= 4 is 0 Å². The fraction of sp³-hybridized carbons (Fsp3) is 0.583. The summed E-state index contributed by atoms with van der Waals surface area (Å²) in [5, 5.41) is 0. The molecule has 2 unspecified atom stereocenters. The first-order valence-corrected chi connectivity index (χ1v) is 5.38. The molecule has 1 rings (SSSR count). The second kappa shape index (κ2) is 5.76. The van der Waals surface area contributed by atoms with E-state index in [9.17, 15) is 0 Å². The van der Waals surface area contributed by atoms with Crippen LogP contribution in [-0.2, 0) is 6.42 Å². The van der Waals surface area contributed by atoms with Gasteiger partial charge < -0.3 is 5.73 Å². The lowest BCUT2D eigenvalue weighted by molar-refractivity contribution is 0.420. The quantitative estimate of drug-likeness (QED) is 0.778. The molecule has 2 heteroatoms. The van der Waals surface area contributed by atoms with Gasteiger partial charge in [0.15, 0.2) is 0 Å². The van der Waals surface area contributed by atoms with Gasteiger partial charge in [0.25, 0.3) is 0 Å². The van der Waals surface area contributed by atoms with Gasteiger partial charge in [0, 0.05) is 18.4 Å². The number of nitrogens with zero attached hydrogens (tertiary/aromatic N) is 1. The molecule has 0 fully saturated rings. The van der Waals surface area contributed by atoms with Crippen molar-refractivity contribution in [3.8, 4) is 0 Å². The molecule has 0 aliphatic rings. The zero-order chi connectivity index (χ0) is 10.4. The van der Waals surface area contributed by atoms with Crippen LogP contribution >= 0.6 is 0 Å². The molecule has 2 atom stereocenters. The van der Waals surface area contributed by atoms with Gasteiger partial charge in [0.1, 0.15) is 0 Å². The highest BCUT2D eigenvalue weighted by molar-refractivity contribution is 5.11. The first-order chi connectivity index (χ1) is 6.74. The molecule has 0 radical (unpaired) electrons. The summed E-state index contributed by atoms with van der Waals surface area (Å²) in [7, 11) is 0. The summed E-state index contributed by atoms with van der Waals surface area (Å²) in [6, 6.07) is 4.36. The van der Waals surface area contributed by atoms with Gasteiger partial charge in [-0.1, -0.05) is 20.3 Å². The van der Waals surface area contributed by atoms with Crippen molar-refractivity contribution in [1.29, 1.82) is 0 Å². The first-order valence-electron chi connectivity index (χ1n) is 5.38. The molecule has 0 saturated carbocycles. The van der Waals surface area contributed by atoms with E-state index >= 15 is 0 Å². The predicted octanol–water partition coefficient (Wildman–Crippen LogP) is 2.39. The fourth-order valence-electron chi connectivity index (χ4n) is 1.66. The molecule has 1 aromatic rings. The summed E-state index contributed by atoms with van der Waals surface area (Å²) in [5.41, 5.74) is 7.40. The Balaban J connectivity index is 2.44. The second-order valence-corrected chi connectivity index (χ2v) is 3.99. The van der Waals surface area contributed by atoms with Crippen LogP contribution in [0.3, 0.4) is 0 Å². The Morgan fingerprint density at radius 3 is 2.57 bits per heavy atom. The molecule has 2 nitrogen and oxygen atoms in total. The number of rotatable bonds is 5. The Morgan fingerprint density at radius 1 is 1.36 bits per heavy atom. The molecule has 0 aromatic carbocycles. The van der Waals surface area contributed by atoms with E-state index in [4.69, 9.17) is 5.73 Å². The van der Waals surface area contributed by atoms with E-state index in [1.807, 2.05) is 24.5 Å². The van der Waals surface area contributed by atoms with Gasteiger partial charge in [-0.3, -0.25) is 4.98 Å². The van der Waals surface area contributed by atoms with Crippen molar-refractivity contribution in [1.82, 2.24) is 4.98 Å². The second-order valence-electron chi connectivity index (χ2n) is 3.99. The zero-order valence-corrected chi connectivity index (χ0v) is 9.11. The molecule has 0 aliphatic carbocycles. The highest BCUT2D eigenvalue weighted by Crippen LogP contribution is 2.12. The van der Waals surface area contributed by atoms with Crippen LogP contribution in [0.15, 0.2) is 24.5 Å². The molecule has 0 amide bonds. The number of hydrogen-bond donors (Lipinski definition) is 1. The van der Waals surface area contributed by atoms with Crippen molar-refractivity contribution < 1.29 is 0 Å². The van der Waals surface area contributed by atoms with Crippen LogP contribution < -0.4 is 5.73 Å². The third kappa shape index (κ3) is 3.46. The normalized spacial score (nSPS) is 15.1. The van der Waals surface area contributed by atoms with Gasteiger partial charge in [-0.25, -0.2) is 0 Å². The molecule has 1 heterocycles. The Kier molecular flexibility index (Phi) is 4.60. The Bertz CT molecular complexity index is 246. The zero-order valence-electron chi connectivity index (χ0n) is 9.11. The lowest BCUT2D eigenvalue weighted by atomic mass is 9.93. The molecule has 78 valence electrons. The molecule has 0 aliphatic heterocycles. The third-order valence-corrected chi connectivity index (χ3v) is 2.70. The maximum atomic E-state index is 6.11. The Morgan fingerprint density at radius 2 is 2.00 bits per heavy atom. The highest BCUT2D eigenvalue weighted by Gasteiger charge is 2.11. The Hall–Kier alpha value is -0.890. The van der Waals surface area contributed by atoms with Crippen LogP contribution in [0.5, 0.6) is 0 Å². The minimum absolute atomic E-state index is 0.275. The number of nitrogens with two attached hydrogens (primary N) is 1. The van der Waals surface area contributed by atoms with E-state index in [2.05, 4.69) is 18.8 Å². The van der Waals surface area contributed by atoms with E-state index in [1.165, 1.54) is 18.4 Å². The summed E-state index contributed by atoms with van der Waals surface area (Å²) in [6.07, 6.45) is 7.04. The average Bonchev–Trinajstić information content (AvgIpc) is 2.19. The molecule has 2 N–H and O–H groups in total. The van der Waals surface area contributed by atoms with Crippen molar-refractivity contribution in [2.24, 2.45) is 11.7 Å². The van der Waals surface area contributed by atoms with Gasteiger partial charge in [-0.15, -0.1) is 0 Å². The van der Waals surface area contributed by atoms with Gasteiger partial charge >= 0.3 is 0 Å². The average molecular weight is 192 g/mol. The molecule has 0 bridgehead atoms. The van der Waals surface area contributed by atoms with Crippen molar-refractivity contribution in [2.45, 2.75) is 39.2 Å². The van der Waals surface area contributed by atoms with Crippen molar-refractivity contribution in [2.75, 3.05) is 0 Å². The Labute approximate surface area is 86.5 Å². The van der Waals surface area contributed by atoms with E-state index in [-0.39, 0.29) is 6.04 Å². The smallest absolute Gasteiger partial charge is 0.0270 e. The summed E-state index contributed by atoms with van der Waals surface area (Å²) >= 11 is 0. The van der Waals surface area contributed by atoms with Crippen LogP contribution in [-0.4, -0.2) is 11.0 Å². The SMILES string of the molecule is CCCC(C)C(N)Cc1ccncc1. The largest absolute Gasteiger partial charge is 0.327 e. The van der Waals surface area contributed by atoms with Gasteiger partial charge in [0.2, 0.25) is 0 Å². The van der Waals surface area contributed by atoms with Crippen molar-refractivity contribution in [3.05, 3.63) is 30.1 Å². The minimum atomic E-state index is 0.275. The standard InChI is InChI=1S/C12H20N2/c1-3-4-10(2)12(13)9-11-5-7-14-8-6-11/h5-8,10,12H,3-4,9,13H2,1-2H3. The van der Waals surface area contributed by atoms with Gasteiger partial charge in [-0.2, -0.15) is 0 Å². The molecule has 0 saturated heterocycles. The molecular weight excluding hydrogens is 172 g/mol. The summed E-state index contributed by atoms with van der Waals surface area (Å²) in [6.45, 7) is 4.44. The molecule has 0 spiro atoms. The lowest BCUT2D eigenvalue weighted by Crippen LogP contribution is -2.30. The molecule has 14 heavy (non-hydrogen) atoms. The molecule has 1 aromatic heterocycles.